The molecule has 0 radical (unpaired) electrons. The standard InChI is InChI=1S/C21H30N2O3/c1-14-9-15(2)13-23(12-14)21(25)17-7-6-16(3)19(10-17)22-20(24)11-18-5-4-8-26-18/h6-7,10,14-15,18H,4-5,8-9,11-13H2,1-3H3,(H,22,24)/t14-,15-,18+/m1/s1. The van der Waals surface area contributed by atoms with Gasteiger partial charge in [0.05, 0.1) is 12.5 Å². The highest BCUT2D eigenvalue weighted by Gasteiger charge is 2.26. The molecule has 2 aliphatic rings. The lowest BCUT2D eigenvalue weighted by atomic mass is 9.91. The molecule has 2 amide bonds. The Morgan fingerprint density at radius 2 is 1.96 bits per heavy atom. The van der Waals surface area contributed by atoms with Crippen molar-refractivity contribution in [3.05, 3.63) is 29.3 Å². The van der Waals surface area contributed by atoms with Crippen molar-refractivity contribution in [3.63, 3.8) is 0 Å². The van der Waals surface area contributed by atoms with Gasteiger partial charge in [-0.05, 0) is 55.7 Å². The Hall–Kier alpha value is -1.88. The number of likely N-dealkylation sites (tertiary alicyclic amines) is 1. The summed E-state index contributed by atoms with van der Waals surface area (Å²) < 4.78 is 5.53. The third kappa shape index (κ3) is 4.64. The molecule has 5 nitrogen and oxygen atoms in total. The average molecular weight is 358 g/mol. The second-order valence-electron chi connectivity index (χ2n) is 8.07. The zero-order chi connectivity index (χ0) is 18.7. The predicted octanol–water partition coefficient (Wildman–Crippen LogP) is 3.62. The van der Waals surface area contributed by atoms with Crippen LogP contribution in [0, 0.1) is 18.8 Å². The molecule has 2 heterocycles. The number of rotatable bonds is 4. The first-order valence-corrected chi connectivity index (χ1v) is 9.73. The Kier molecular flexibility index (Phi) is 5.97. The summed E-state index contributed by atoms with van der Waals surface area (Å²) in [5, 5.41) is 2.96. The van der Waals surface area contributed by atoms with Gasteiger partial charge in [-0.1, -0.05) is 19.9 Å². The van der Waals surface area contributed by atoms with Gasteiger partial charge in [-0.15, -0.1) is 0 Å². The molecule has 1 aromatic carbocycles. The normalized spacial score (nSPS) is 26.0. The molecule has 0 bridgehead atoms. The van der Waals surface area contributed by atoms with Gasteiger partial charge < -0.3 is 15.0 Å². The fourth-order valence-electron chi connectivity index (χ4n) is 4.11. The number of carbonyl (C=O) groups excluding carboxylic acids is 2. The van der Waals surface area contributed by atoms with E-state index in [0.29, 0.717) is 23.8 Å². The van der Waals surface area contributed by atoms with Gasteiger partial charge in [-0.2, -0.15) is 0 Å². The van der Waals surface area contributed by atoms with Crippen LogP contribution in [-0.2, 0) is 9.53 Å². The van der Waals surface area contributed by atoms with E-state index in [1.54, 1.807) is 0 Å². The highest BCUT2D eigenvalue weighted by molar-refractivity contribution is 5.98. The van der Waals surface area contributed by atoms with Crippen LogP contribution in [0.3, 0.4) is 0 Å². The number of piperidine rings is 1. The summed E-state index contributed by atoms with van der Waals surface area (Å²) >= 11 is 0. The lowest BCUT2D eigenvalue weighted by molar-refractivity contribution is -0.118. The van der Waals surface area contributed by atoms with Gasteiger partial charge in [0, 0.05) is 30.9 Å². The lowest BCUT2D eigenvalue weighted by Gasteiger charge is -2.35. The molecule has 0 unspecified atom stereocenters. The summed E-state index contributed by atoms with van der Waals surface area (Å²) in [6.07, 6.45) is 3.53. The molecular weight excluding hydrogens is 328 g/mol. The van der Waals surface area contributed by atoms with Crippen molar-refractivity contribution < 1.29 is 14.3 Å². The molecule has 2 aliphatic heterocycles. The molecule has 0 saturated carbocycles. The third-order valence-electron chi connectivity index (χ3n) is 5.35. The summed E-state index contributed by atoms with van der Waals surface area (Å²) in [6, 6.07) is 5.58. The van der Waals surface area contributed by atoms with Gasteiger partial charge in [-0.3, -0.25) is 9.59 Å². The van der Waals surface area contributed by atoms with E-state index in [1.165, 1.54) is 6.42 Å². The first-order valence-electron chi connectivity index (χ1n) is 9.73. The van der Waals surface area contributed by atoms with Crippen molar-refractivity contribution >= 4 is 17.5 Å². The van der Waals surface area contributed by atoms with Crippen LogP contribution >= 0.6 is 0 Å². The minimum Gasteiger partial charge on any atom is -0.378 e. The van der Waals surface area contributed by atoms with E-state index in [0.717, 1.165) is 43.8 Å². The van der Waals surface area contributed by atoms with Crippen molar-refractivity contribution in [3.8, 4) is 0 Å². The summed E-state index contributed by atoms with van der Waals surface area (Å²) in [7, 11) is 0. The summed E-state index contributed by atoms with van der Waals surface area (Å²) in [5.41, 5.74) is 2.32. The fourth-order valence-corrected chi connectivity index (χ4v) is 4.11. The SMILES string of the molecule is Cc1ccc(C(=O)N2C[C@H](C)C[C@@H](C)C2)cc1NC(=O)C[C@@H]1CCCO1. The molecule has 0 aromatic heterocycles. The second-order valence-corrected chi connectivity index (χ2v) is 8.07. The smallest absolute Gasteiger partial charge is 0.253 e. The van der Waals surface area contributed by atoms with Crippen LogP contribution in [0.5, 0.6) is 0 Å². The fraction of sp³-hybridized carbons (Fsp3) is 0.619. The zero-order valence-corrected chi connectivity index (χ0v) is 16.1. The highest BCUT2D eigenvalue weighted by atomic mass is 16.5. The number of benzene rings is 1. The maximum Gasteiger partial charge on any atom is 0.253 e. The van der Waals surface area contributed by atoms with Gasteiger partial charge in [0.15, 0.2) is 0 Å². The van der Waals surface area contributed by atoms with Gasteiger partial charge >= 0.3 is 0 Å². The number of hydrogen-bond acceptors (Lipinski definition) is 3. The van der Waals surface area contributed by atoms with E-state index in [2.05, 4.69) is 19.2 Å². The summed E-state index contributed by atoms with van der Waals surface area (Å²) in [5.74, 6) is 1.06. The number of carbonyl (C=O) groups is 2. The maximum absolute atomic E-state index is 12.9. The average Bonchev–Trinajstić information content (AvgIpc) is 3.08. The molecular formula is C21H30N2O3. The monoisotopic (exact) mass is 358 g/mol. The lowest BCUT2D eigenvalue weighted by Crippen LogP contribution is -2.42. The molecule has 26 heavy (non-hydrogen) atoms. The number of hydrogen-bond donors (Lipinski definition) is 1. The van der Waals surface area contributed by atoms with Gasteiger partial charge in [0.1, 0.15) is 0 Å². The van der Waals surface area contributed by atoms with Crippen LogP contribution in [0.2, 0.25) is 0 Å². The molecule has 0 spiro atoms. The molecule has 2 fully saturated rings. The molecule has 3 rings (SSSR count). The minimum atomic E-state index is -0.0511. The largest absolute Gasteiger partial charge is 0.378 e. The number of nitrogens with one attached hydrogen (secondary N) is 1. The van der Waals surface area contributed by atoms with Gasteiger partial charge in [-0.25, -0.2) is 0 Å². The summed E-state index contributed by atoms with van der Waals surface area (Å²) in [6.45, 7) is 8.69. The molecule has 2 saturated heterocycles. The van der Waals surface area contributed by atoms with Crippen LogP contribution in [-0.4, -0.2) is 42.5 Å². The van der Waals surface area contributed by atoms with Crippen LogP contribution in [0.25, 0.3) is 0 Å². The van der Waals surface area contributed by atoms with Crippen LogP contribution in [0.4, 0.5) is 5.69 Å². The first-order chi connectivity index (χ1) is 12.4. The maximum atomic E-state index is 12.9. The van der Waals surface area contributed by atoms with E-state index in [1.807, 2.05) is 30.0 Å². The van der Waals surface area contributed by atoms with Gasteiger partial charge in [0.25, 0.3) is 5.91 Å². The Morgan fingerprint density at radius 3 is 2.62 bits per heavy atom. The van der Waals surface area contributed by atoms with Crippen molar-refractivity contribution in [1.82, 2.24) is 4.90 Å². The van der Waals surface area contributed by atoms with E-state index in [4.69, 9.17) is 4.74 Å². The minimum absolute atomic E-state index is 0.0245. The number of aryl methyl sites for hydroxylation is 1. The predicted molar refractivity (Wildman–Crippen MR) is 102 cm³/mol. The van der Waals surface area contributed by atoms with E-state index >= 15 is 0 Å². The Morgan fingerprint density at radius 1 is 1.23 bits per heavy atom. The molecule has 3 atom stereocenters. The van der Waals surface area contributed by atoms with E-state index < -0.39 is 0 Å². The number of amides is 2. The van der Waals surface area contributed by atoms with Crippen molar-refractivity contribution in [2.75, 3.05) is 25.0 Å². The molecule has 5 heteroatoms. The number of ether oxygens (including phenoxy) is 1. The Bertz CT molecular complexity index is 657. The quantitative estimate of drug-likeness (QED) is 0.894. The highest BCUT2D eigenvalue weighted by Crippen LogP contribution is 2.25. The molecule has 1 aromatic rings. The van der Waals surface area contributed by atoms with Crippen molar-refractivity contribution in [2.45, 2.75) is 52.6 Å². The second kappa shape index (κ2) is 8.21. The Labute approximate surface area is 156 Å². The Balaban J connectivity index is 1.68. The molecule has 0 aliphatic carbocycles. The first kappa shape index (κ1) is 18.9. The summed E-state index contributed by atoms with van der Waals surface area (Å²) in [4.78, 5) is 27.2. The molecule has 1 N–H and O–H groups in total. The van der Waals surface area contributed by atoms with Gasteiger partial charge in [0.2, 0.25) is 5.91 Å². The number of anilines is 1. The third-order valence-corrected chi connectivity index (χ3v) is 5.35. The van der Waals surface area contributed by atoms with Crippen molar-refractivity contribution in [1.29, 1.82) is 0 Å². The topological polar surface area (TPSA) is 58.6 Å². The number of nitrogens with zero attached hydrogens (tertiary/aromatic N) is 1. The molecule has 142 valence electrons. The van der Waals surface area contributed by atoms with E-state index in [-0.39, 0.29) is 17.9 Å². The van der Waals surface area contributed by atoms with E-state index in [9.17, 15) is 9.59 Å². The van der Waals surface area contributed by atoms with Crippen molar-refractivity contribution in [2.24, 2.45) is 11.8 Å². The van der Waals surface area contributed by atoms with Crippen LogP contribution < -0.4 is 5.32 Å². The zero-order valence-electron chi connectivity index (χ0n) is 16.1. The van der Waals surface area contributed by atoms with Crippen LogP contribution in [0.1, 0.15) is 55.5 Å². The van der Waals surface area contributed by atoms with Crippen LogP contribution in [0.15, 0.2) is 18.2 Å².